The monoisotopic (exact) mass is 275 g/mol. The number of nitrogens with zero attached hydrogens (tertiary/aromatic N) is 1. The van der Waals surface area contributed by atoms with Gasteiger partial charge in [-0.05, 0) is 30.9 Å². The average molecular weight is 275 g/mol. The van der Waals surface area contributed by atoms with Crippen molar-refractivity contribution in [3.63, 3.8) is 0 Å². The molecule has 0 spiro atoms. The van der Waals surface area contributed by atoms with Gasteiger partial charge in [0, 0.05) is 11.0 Å². The van der Waals surface area contributed by atoms with Crippen molar-refractivity contribution in [3.05, 3.63) is 29.8 Å². The predicted molar refractivity (Wildman–Crippen MR) is 79.0 cm³/mol. The standard InChI is InChI=1S/C14H17N3OS/c1-9-13(16-17-14(18)19-9)12-8-4-6-10-5-2-3-7-11(10)15-12/h2-3,5,7,9,13,16H,4,6,8H2,1H3,(H,17,18). The lowest BCUT2D eigenvalue weighted by Crippen LogP contribution is -2.56. The van der Waals surface area contributed by atoms with Crippen LogP contribution in [0.25, 0.3) is 0 Å². The van der Waals surface area contributed by atoms with Crippen LogP contribution in [0, 0.1) is 0 Å². The van der Waals surface area contributed by atoms with Crippen molar-refractivity contribution >= 4 is 28.4 Å². The number of rotatable bonds is 1. The van der Waals surface area contributed by atoms with Crippen LogP contribution < -0.4 is 10.9 Å². The smallest absolute Gasteiger partial charge is 0.282 e. The number of nitrogens with one attached hydrogen (secondary N) is 2. The van der Waals surface area contributed by atoms with E-state index in [0.717, 1.165) is 30.7 Å². The van der Waals surface area contributed by atoms with Gasteiger partial charge in [-0.25, -0.2) is 5.43 Å². The molecule has 100 valence electrons. The van der Waals surface area contributed by atoms with Gasteiger partial charge in [0.25, 0.3) is 5.24 Å². The van der Waals surface area contributed by atoms with Gasteiger partial charge in [-0.2, -0.15) is 0 Å². The third-order valence-electron chi connectivity index (χ3n) is 3.59. The first kappa shape index (κ1) is 12.7. The number of aryl methyl sites for hydroxylation is 1. The first-order valence-corrected chi connectivity index (χ1v) is 7.49. The number of aliphatic imine (C=N–C) groups is 1. The number of carbonyl (C=O) groups excluding carboxylic acids is 1. The number of hydrogen-bond donors (Lipinski definition) is 2. The van der Waals surface area contributed by atoms with Crippen molar-refractivity contribution in [1.29, 1.82) is 0 Å². The predicted octanol–water partition coefficient (Wildman–Crippen LogP) is 2.81. The Morgan fingerprint density at radius 3 is 3.00 bits per heavy atom. The molecule has 4 nitrogen and oxygen atoms in total. The molecule has 2 heterocycles. The molecule has 0 radical (unpaired) electrons. The Morgan fingerprint density at radius 1 is 1.32 bits per heavy atom. The number of para-hydroxylation sites is 1. The van der Waals surface area contributed by atoms with Gasteiger partial charge in [0.1, 0.15) is 0 Å². The van der Waals surface area contributed by atoms with Crippen molar-refractivity contribution in [3.8, 4) is 0 Å². The van der Waals surface area contributed by atoms with Crippen molar-refractivity contribution in [2.75, 3.05) is 0 Å². The Balaban J connectivity index is 1.88. The van der Waals surface area contributed by atoms with Crippen molar-refractivity contribution < 1.29 is 4.79 Å². The average Bonchev–Trinajstić information content (AvgIpc) is 2.60. The molecule has 2 atom stereocenters. The van der Waals surface area contributed by atoms with Crippen LogP contribution in [-0.4, -0.2) is 22.2 Å². The Morgan fingerprint density at radius 2 is 2.16 bits per heavy atom. The van der Waals surface area contributed by atoms with E-state index in [1.807, 2.05) is 6.07 Å². The van der Waals surface area contributed by atoms with Gasteiger partial charge in [0.2, 0.25) is 0 Å². The topological polar surface area (TPSA) is 53.5 Å². The maximum Gasteiger partial charge on any atom is 0.293 e. The summed E-state index contributed by atoms with van der Waals surface area (Å²) in [5.41, 5.74) is 9.33. The molecule has 0 aromatic heterocycles. The van der Waals surface area contributed by atoms with E-state index in [-0.39, 0.29) is 16.5 Å². The summed E-state index contributed by atoms with van der Waals surface area (Å²) in [5.74, 6) is 0. The van der Waals surface area contributed by atoms with E-state index in [4.69, 9.17) is 4.99 Å². The van der Waals surface area contributed by atoms with Gasteiger partial charge in [-0.15, -0.1) is 0 Å². The van der Waals surface area contributed by atoms with Crippen LogP contribution in [-0.2, 0) is 6.42 Å². The number of hydrazine groups is 1. The lowest BCUT2D eigenvalue weighted by atomic mass is 10.0. The molecule has 1 saturated heterocycles. The number of hydrogen-bond acceptors (Lipinski definition) is 4. The Kier molecular flexibility index (Phi) is 3.57. The second-order valence-electron chi connectivity index (χ2n) is 4.94. The molecule has 1 aromatic rings. The number of carbonyl (C=O) groups is 1. The van der Waals surface area contributed by atoms with E-state index < -0.39 is 0 Å². The van der Waals surface area contributed by atoms with Crippen LogP contribution in [0.2, 0.25) is 0 Å². The molecule has 2 unspecified atom stereocenters. The summed E-state index contributed by atoms with van der Waals surface area (Å²) in [5, 5.41) is 0.191. The second-order valence-corrected chi connectivity index (χ2v) is 6.29. The fraction of sp³-hybridized carbons (Fsp3) is 0.429. The van der Waals surface area contributed by atoms with E-state index in [1.165, 1.54) is 17.3 Å². The largest absolute Gasteiger partial charge is 0.293 e. The van der Waals surface area contributed by atoms with Crippen molar-refractivity contribution in [2.24, 2.45) is 4.99 Å². The lowest BCUT2D eigenvalue weighted by molar-refractivity contribution is 0.254. The molecule has 5 heteroatoms. The summed E-state index contributed by atoms with van der Waals surface area (Å²) in [7, 11) is 0. The van der Waals surface area contributed by atoms with Crippen LogP contribution in [0.15, 0.2) is 29.3 Å². The van der Waals surface area contributed by atoms with Crippen LogP contribution in [0.1, 0.15) is 25.3 Å². The highest BCUT2D eigenvalue weighted by molar-refractivity contribution is 8.14. The molecule has 2 N–H and O–H groups in total. The molecule has 0 aliphatic carbocycles. The molecule has 1 fully saturated rings. The Bertz CT molecular complexity index is 529. The third kappa shape index (κ3) is 2.67. The highest BCUT2D eigenvalue weighted by Crippen LogP contribution is 2.28. The van der Waals surface area contributed by atoms with E-state index >= 15 is 0 Å². The molecule has 0 bridgehead atoms. The minimum Gasteiger partial charge on any atom is -0.282 e. The lowest BCUT2D eigenvalue weighted by Gasteiger charge is -2.30. The quantitative estimate of drug-likeness (QED) is 0.828. The van der Waals surface area contributed by atoms with Crippen molar-refractivity contribution in [2.45, 2.75) is 37.5 Å². The zero-order chi connectivity index (χ0) is 13.2. The van der Waals surface area contributed by atoms with Crippen LogP contribution in [0.5, 0.6) is 0 Å². The molecule has 2 aliphatic rings. The maximum absolute atomic E-state index is 11.3. The SMILES string of the molecule is CC1SC(=O)NNC1C1=Nc2ccccc2CCC1. The van der Waals surface area contributed by atoms with E-state index in [2.05, 4.69) is 36.0 Å². The fourth-order valence-electron chi connectivity index (χ4n) is 2.60. The van der Waals surface area contributed by atoms with Gasteiger partial charge in [0.05, 0.1) is 11.7 Å². The minimum atomic E-state index is -0.0154. The summed E-state index contributed by atoms with van der Waals surface area (Å²) in [6, 6.07) is 8.43. The highest BCUT2D eigenvalue weighted by atomic mass is 32.2. The highest BCUT2D eigenvalue weighted by Gasteiger charge is 2.30. The molecule has 1 aromatic carbocycles. The van der Waals surface area contributed by atoms with Gasteiger partial charge < -0.3 is 0 Å². The van der Waals surface area contributed by atoms with Crippen molar-refractivity contribution in [1.82, 2.24) is 10.9 Å². The van der Waals surface area contributed by atoms with Gasteiger partial charge in [-0.3, -0.25) is 15.2 Å². The van der Waals surface area contributed by atoms with Gasteiger partial charge in [-0.1, -0.05) is 36.9 Å². The van der Waals surface area contributed by atoms with E-state index in [9.17, 15) is 4.79 Å². The van der Waals surface area contributed by atoms with Gasteiger partial charge in [0.15, 0.2) is 0 Å². The number of thioether (sulfide) groups is 1. The minimum absolute atomic E-state index is 0.0154. The Hall–Kier alpha value is -1.33. The molecule has 3 rings (SSSR count). The molecule has 2 aliphatic heterocycles. The third-order valence-corrected chi connectivity index (χ3v) is 4.55. The molecular formula is C14H17N3OS. The maximum atomic E-state index is 11.3. The molecule has 1 amide bonds. The number of fused-ring (bicyclic) bond motifs is 1. The second kappa shape index (κ2) is 5.35. The summed E-state index contributed by atoms with van der Waals surface area (Å²) in [6.45, 7) is 2.07. The summed E-state index contributed by atoms with van der Waals surface area (Å²) < 4.78 is 0. The number of amides is 1. The van der Waals surface area contributed by atoms with E-state index in [0.29, 0.717) is 0 Å². The first-order valence-electron chi connectivity index (χ1n) is 6.61. The van der Waals surface area contributed by atoms with Crippen LogP contribution >= 0.6 is 11.8 Å². The number of benzene rings is 1. The normalized spacial score (nSPS) is 27.0. The summed E-state index contributed by atoms with van der Waals surface area (Å²) in [4.78, 5) is 16.1. The van der Waals surface area contributed by atoms with Crippen LogP contribution in [0.3, 0.4) is 0 Å². The summed E-state index contributed by atoms with van der Waals surface area (Å²) >= 11 is 1.34. The summed E-state index contributed by atoms with van der Waals surface area (Å²) in [6.07, 6.45) is 3.16. The molecular weight excluding hydrogens is 258 g/mol. The van der Waals surface area contributed by atoms with Crippen LogP contribution in [0.4, 0.5) is 10.5 Å². The van der Waals surface area contributed by atoms with Gasteiger partial charge >= 0.3 is 0 Å². The molecule has 0 saturated carbocycles. The Labute approximate surface area is 117 Å². The molecule has 19 heavy (non-hydrogen) atoms. The van der Waals surface area contributed by atoms with E-state index in [1.54, 1.807) is 0 Å². The zero-order valence-corrected chi connectivity index (χ0v) is 11.7. The zero-order valence-electron chi connectivity index (χ0n) is 10.8. The first-order chi connectivity index (χ1) is 9.24. The fourth-order valence-corrected chi connectivity index (χ4v) is 3.42.